The molecule has 116 valence electrons. The lowest BCUT2D eigenvalue weighted by Gasteiger charge is -2.15. The molecule has 0 bridgehead atoms. The number of rotatable bonds is 2. The summed E-state index contributed by atoms with van der Waals surface area (Å²) in [5.41, 5.74) is 6.64. The van der Waals surface area contributed by atoms with Gasteiger partial charge in [-0.25, -0.2) is 4.79 Å². The summed E-state index contributed by atoms with van der Waals surface area (Å²) in [5, 5.41) is 8.11. The number of thiophene rings is 1. The highest BCUT2D eigenvalue weighted by atomic mass is 32.1. The molecule has 1 heterocycles. The summed E-state index contributed by atoms with van der Waals surface area (Å²) >= 11 is 1.77. The van der Waals surface area contributed by atoms with Gasteiger partial charge in [-0.1, -0.05) is 17.7 Å². The number of hydrogen-bond donors (Lipinski definition) is 2. The van der Waals surface area contributed by atoms with E-state index in [1.165, 1.54) is 28.8 Å². The van der Waals surface area contributed by atoms with Gasteiger partial charge in [0.25, 0.3) is 0 Å². The molecule has 1 aromatic carbocycles. The highest BCUT2D eigenvalue weighted by Gasteiger charge is 2.17. The highest BCUT2D eigenvalue weighted by molar-refractivity contribution is 7.10. The van der Waals surface area contributed by atoms with Gasteiger partial charge in [0.2, 0.25) is 0 Å². The van der Waals surface area contributed by atoms with Crippen LogP contribution in [0.5, 0.6) is 0 Å². The van der Waals surface area contributed by atoms with Crippen LogP contribution in [0.4, 0.5) is 16.2 Å². The molecule has 0 saturated heterocycles. The third kappa shape index (κ3) is 3.02. The molecule has 0 atom stereocenters. The molecule has 3 nitrogen and oxygen atoms in total. The Morgan fingerprint density at radius 1 is 1.05 bits per heavy atom. The van der Waals surface area contributed by atoms with Crippen LogP contribution in [0.1, 0.15) is 40.0 Å². The lowest BCUT2D eigenvalue weighted by Crippen LogP contribution is -2.21. The van der Waals surface area contributed by atoms with Crippen LogP contribution >= 0.6 is 11.3 Å². The monoisotopic (exact) mass is 314 g/mol. The summed E-state index contributed by atoms with van der Waals surface area (Å²) in [6.45, 7) is 6.13. The van der Waals surface area contributed by atoms with E-state index in [1.807, 2.05) is 13.8 Å². The third-order valence-corrected chi connectivity index (χ3v) is 5.31. The first-order chi connectivity index (χ1) is 10.5. The van der Waals surface area contributed by atoms with E-state index >= 15 is 0 Å². The molecular weight excluding hydrogens is 292 g/mol. The van der Waals surface area contributed by atoms with Crippen molar-refractivity contribution in [3.63, 3.8) is 0 Å². The van der Waals surface area contributed by atoms with E-state index in [4.69, 9.17) is 0 Å². The second-order valence-electron chi connectivity index (χ2n) is 6.11. The summed E-state index contributed by atoms with van der Waals surface area (Å²) in [7, 11) is 0. The fourth-order valence-corrected chi connectivity index (χ4v) is 4.32. The maximum Gasteiger partial charge on any atom is 0.323 e. The number of urea groups is 1. The van der Waals surface area contributed by atoms with Crippen LogP contribution in [-0.2, 0) is 12.8 Å². The Kier molecular flexibility index (Phi) is 4.21. The van der Waals surface area contributed by atoms with Crippen LogP contribution in [-0.4, -0.2) is 6.03 Å². The van der Waals surface area contributed by atoms with Gasteiger partial charge in [0.05, 0.1) is 5.69 Å². The van der Waals surface area contributed by atoms with E-state index in [0.29, 0.717) is 0 Å². The molecular formula is C18H22N2OS. The Bertz CT molecular complexity index is 695. The van der Waals surface area contributed by atoms with Gasteiger partial charge in [-0.2, -0.15) is 0 Å². The van der Waals surface area contributed by atoms with Crippen molar-refractivity contribution >= 4 is 28.7 Å². The lowest BCUT2D eigenvalue weighted by molar-refractivity contribution is 0.262. The fraction of sp³-hybridized carbons (Fsp3) is 0.389. The molecule has 1 aliphatic carbocycles. The van der Waals surface area contributed by atoms with Crippen molar-refractivity contribution in [1.29, 1.82) is 0 Å². The number of nitrogens with one attached hydrogen (secondary N) is 2. The van der Waals surface area contributed by atoms with Crippen molar-refractivity contribution in [3.8, 4) is 0 Å². The van der Waals surface area contributed by atoms with Crippen molar-refractivity contribution in [2.75, 3.05) is 10.6 Å². The number of benzene rings is 1. The number of amides is 2. The average Bonchev–Trinajstić information content (AvgIpc) is 2.86. The van der Waals surface area contributed by atoms with Gasteiger partial charge in [-0.05, 0) is 63.1 Å². The number of carbonyl (C=O) groups is 1. The van der Waals surface area contributed by atoms with Gasteiger partial charge in [-0.3, -0.25) is 0 Å². The largest absolute Gasteiger partial charge is 0.323 e. The van der Waals surface area contributed by atoms with Crippen molar-refractivity contribution in [2.45, 2.75) is 46.5 Å². The normalized spacial score (nSPS) is 13.6. The zero-order valence-corrected chi connectivity index (χ0v) is 14.2. The molecule has 4 heteroatoms. The van der Waals surface area contributed by atoms with Crippen molar-refractivity contribution in [2.24, 2.45) is 0 Å². The van der Waals surface area contributed by atoms with Crippen LogP contribution < -0.4 is 10.6 Å². The summed E-state index contributed by atoms with van der Waals surface area (Å²) in [6, 6.07) is 4.03. The van der Waals surface area contributed by atoms with Crippen LogP contribution in [0.2, 0.25) is 0 Å². The Morgan fingerprint density at radius 3 is 2.45 bits per heavy atom. The van der Waals surface area contributed by atoms with Crippen molar-refractivity contribution in [1.82, 2.24) is 0 Å². The molecule has 2 N–H and O–H groups in total. The van der Waals surface area contributed by atoms with Gasteiger partial charge in [0, 0.05) is 15.9 Å². The molecule has 0 saturated carbocycles. The molecule has 0 radical (unpaired) electrons. The first-order valence-electron chi connectivity index (χ1n) is 7.79. The standard InChI is InChI=1S/C18H22N2OS/c1-11-8-12(2)17(13(3)9-11)20-18(21)19-15-10-22-16-7-5-4-6-14(15)16/h8-10H,4-7H2,1-3H3,(H2,19,20,21). The number of hydrogen-bond acceptors (Lipinski definition) is 2. The van der Waals surface area contributed by atoms with Gasteiger partial charge >= 0.3 is 6.03 Å². The highest BCUT2D eigenvalue weighted by Crippen LogP contribution is 2.33. The fourth-order valence-electron chi connectivity index (χ4n) is 3.24. The van der Waals surface area contributed by atoms with Crippen LogP contribution in [0.25, 0.3) is 0 Å². The molecule has 0 aliphatic heterocycles. The van der Waals surface area contributed by atoms with Crippen LogP contribution in [0, 0.1) is 20.8 Å². The topological polar surface area (TPSA) is 41.1 Å². The Balaban J connectivity index is 1.75. The predicted molar refractivity (Wildman–Crippen MR) is 94.3 cm³/mol. The molecule has 1 aromatic heterocycles. The SMILES string of the molecule is Cc1cc(C)c(NC(=O)Nc2csc3c2CCCC3)c(C)c1. The second kappa shape index (κ2) is 6.13. The quantitative estimate of drug-likeness (QED) is 0.786. The van der Waals surface area contributed by atoms with Gasteiger partial charge in [-0.15, -0.1) is 11.3 Å². The average molecular weight is 314 g/mol. The predicted octanol–water partition coefficient (Wildman–Crippen LogP) is 5.20. The maximum atomic E-state index is 12.3. The Morgan fingerprint density at radius 2 is 1.73 bits per heavy atom. The smallest absolute Gasteiger partial charge is 0.307 e. The second-order valence-corrected chi connectivity index (χ2v) is 7.08. The van der Waals surface area contributed by atoms with Crippen LogP contribution in [0.3, 0.4) is 0 Å². The Labute approximate surface area is 135 Å². The van der Waals surface area contributed by atoms with E-state index in [2.05, 4.69) is 35.1 Å². The van der Waals surface area contributed by atoms with Gasteiger partial charge in [0.15, 0.2) is 0 Å². The maximum absolute atomic E-state index is 12.3. The summed E-state index contributed by atoms with van der Waals surface area (Å²) < 4.78 is 0. The number of carbonyl (C=O) groups excluding carboxylic acids is 1. The number of aryl methyl sites for hydroxylation is 4. The van der Waals surface area contributed by atoms with E-state index in [9.17, 15) is 4.79 Å². The minimum absolute atomic E-state index is 0.152. The zero-order valence-electron chi connectivity index (χ0n) is 13.4. The molecule has 2 aromatic rings. The van der Waals surface area contributed by atoms with E-state index in [1.54, 1.807) is 11.3 Å². The Hall–Kier alpha value is -1.81. The van der Waals surface area contributed by atoms with Gasteiger partial charge < -0.3 is 10.6 Å². The minimum atomic E-state index is -0.152. The van der Waals surface area contributed by atoms with Crippen molar-refractivity contribution in [3.05, 3.63) is 44.6 Å². The number of fused-ring (bicyclic) bond motifs is 1. The molecule has 2 amide bonds. The molecule has 0 spiro atoms. The lowest BCUT2D eigenvalue weighted by atomic mass is 9.98. The van der Waals surface area contributed by atoms with Gasteiger partial charge in [0.1, 0.15) is 0 Å². The third-order valence-electron chi connectivity index (χ3n) is 4.23. The molecule has 1 aliphatic rings. The first-order valence-corrected chi connectivity index (χ1v) is 8.67. The molecule has 0 fully saturated rings. The molecule has 3 rings (SSSR count). The van der Waals surface area contributed by atoms with E-state index < -0.39 is 0 Å². The minimum Gasteiger partial charge on any atom is -0.307 e. The number of anilines is 2. The van der Waals surface area contributed by atoms with Crippen molar-refractivity contribution < 1.29 is 4.79 Å². The summed E-state index contributed by atoms with van der Waals surface area (Å²) in [4.78, 5) is 13.8. The van der Waals surface area contributed by atoms with E-state index in [0.717, 1.165) is 35.3 Å². The summed E-state index contributed by atoms with van der Waals surface area (Å²) in [6.07, 6.45) is 4.72. The van der Waals surface area contributed by atoms with Crippen LogP contribution in [0.15, 0.2) is 17.5 Å². The summed E-state index contributed by atoms with van der Waals surface area (Å²) in [5.74, 6) is 0. The first kappa shape index (κ1) is 15.1. The zero-order chi connectivity index (χ0) is 15.7. The molecule has 22 heavy (non-hydrogen) atoms. The molecule has 0 unspecified atom stereocenters. The van der Waals surface area contributed by atoms with E-state index in [-0.39, 0.29) is 6.03 Å².